The van der Waals surface area contributed by atoms with Gasteiger partial charge in [0.15, 0.2) is 5.13 Å². The topological polar surface area (TPSA) is 71.2 Å². The third-order valence-electron chi connectivity index (χ3n) is 2.98. The molecule has 1 amide bonds. The summed E-state index contributed by atoms with van der Waals surface area (Å²) in [6.45, 7) is 6.65. The first kappa shape index (κ1) is 13.1. The molecule has 18 heavy (non-hydrogen) atoms. The van der Waals surface area contributed by atoms with E-state index in [1.165, 1.54) is 24.2 Å². The first-order valence-corrected chi connectivity index (χ1v) is 7.18. The number of carbonyl (C=O) groups is 1. The third kappa shape index (κ3) is 2.75. The van der Waals surface area contributed by atoms with Crippen LogP contribution in [0, 0.1) is 0 Å². The molecule has 1 heterocycles. The van der Waals surface area contributed by atoms with Crippen molar-refractivity contribution in [3.63, 3.8) is 0 Å². The van der Waals surface area contributed by atoms with Crippen molar-refractivity contribution >= 4 is 28.2 Å². The molecule has 0 aromatic carbocycles. The number of thiazole rings is 1. The maximum absolute atomic E-state index is 12.3. The Morgan fingerprint density at radius 2 is 2.28 bits per heavy atom. The van der Waals surface area contributed by atoms with Crippen LogP contribution in [0.4, 0.5) is 10.9 Å². The van der Waals surface area contributed by atoms with E-state index >= 15 is 0 Å². The molecule has 0 unspecified atom stereocenters. The Kier molecular flexibility index (Phi) is 3.75. The van der Waals surface area contributed by atoms with Gasteiger partial charge in [0.05, 0.1) is 0 Å². The van der Waals surface area contributed by atoms with Gasteiger partial charge in [-0.05, 0) is 33.6 Å². The molecule has 1 aliphatic carbocycles. The summed E-state index contributed by atoms with van der Waals surface area (Å²) in [4.78, 5) is 18.9. The summed E-state index contributed by atoms with van der Waals surface area (Å²) in [5.41, 5.74) is 5.84. The molecular weight excluding hydrogens is 248 g/mol. The lowest BCUT2D eigenvalue weighted by Gasteiger charge is -2.24. The Morgan fingerprint density at radius 3 is 2.78 bits per heavy atom. The molecule has 3 N–H and O–H groups in total. The maximum atomic E-state index is 12.3. The second-order valence-electron chi connectivity index (χ2n) is 4.84. The number of hydrogen-bond donors (Lipinski definition) is 2. The molecule has 0 aliphatic heterocycles. The van der Waals surface area contributed by atoms with E-state index < -0.39 is 0 Å². The Balaban J connectivity index is 2.15. The minimum Gasteiger partial charge on any atom is -0.382 e. The number of nitrogens with zero attached hydrogens (tertiary/aromatic N) is 2. The van der Waals surface area contributed by atoms with Gasteiger partial charge in [0.2, 0.25) is 0 Å². The summed E-state index contributed by atoms with van der Waals surface area (Å²) in [6, 6.07) is 0.690. The fourth-order valence-electron chi connectivity index (χ4n) is 1.82. The number of carbonyl (C=O) groups excluding carboxylic acids is 1. The van der Waals surface area contributed by atoms with Gasteiger partial charge in [0, 0.05) is 18.6 Å². The summed E-state index contributed by atoms with van der Waals surface area (Å²) in [6.07, 6.45) is 2.35. The van der Waals surface area contributed by atoms with Crippen molar-refractivity contribution in [2.45, 2.75) is 45.7 Å². The lowest BCUT2D eigenvalue weighted by Crippen LogP contribution is -2.36. The van der Waals surface area contributed by atoms with Crippen molar-refractivity contribution in [2.75, 3.05) is 17.6 Å². The second kappa shape index (κ2) is 5.14. The molecular formula is C12H20N4OS. The van der Waals surface area contributed by atoms with E-state index in [9.17, 15) is 4.79 Å². The standard InChI is InChI=1S/C12H20N4OS/c1-4-16(7(2)3)11(17)9-10(13)15-12(18-9)14-8-5-6-8/h7-8H,4-6,13H2,1-3H3,(H,14,15). The molecule has 5 nitrogen and oxygen atoms in total. The molecule has 1 aromatic heterocycles. The second-order valence-corrected chi connectivity index (χ2v) is 5.84. The normalized spacial score (nSPS) is 14.9. The van der Waals surface area contributed by atoms with Crippen LogP contribution in [0.3, 0.4) is 0 Å². The van der Waals surface area contributed by atoms with Crippen LogP contribution in [0.1, 0.15) is 43.3 Å². The summed E-state index contributed by atoms with van der Waals surface area (Å²) >= 11 is 1.36. The Morgan fingerprint density at radius 1 is 1.61 bits per heavy atom. The highest BCUT2D eigenvalue weighted by Gasteiger charge is 2.26. The van der Waals surface area contributed by atoms with Crippen LogP contribution < -0.4 is 11.1 Å². The van der Waals surface area contributed by atoms with Crippen LogP contribution >= 0.6 is 11.3 Å². The number of anilines is 2. The SMILES string of the molecule is CCN(C(=O)c1sc(NC2CC2)nc1N)C(C)C. The van der Waals surface area contributed by atoms with E-state index in [1.54, 1.807) is 4.90 Å². The number of aromatic nitrogens is 1. The van der Waals surface area contributed by atoms with Crippen LogP contribution in [0.25, 0.3) is 0 Å². The van der Waals surface area contributed by atoms with Crippen molar-refractivity contribution in [3.8, 4) is 0 Å². The number of hydrogen-bond acceptors (Lipinski definition) is 5. The Hall–Kier alpha value is -1.30. The average molecular weight is 268 g/mol. The molecule has 1 aliphatic rings. The molecule has 0 radical (unpaired) electrons. The van der Waals surface area contributed by atoms with Gasteiger partial charge in [0.1, 0.15) is 10.7 Å². The summed E-state index contributed by atoms with van der Waals surface area (Å²) in [5, 5.41) is 4.04. The highest BCUT2D eigenvalue weighted by Crippen LogP contribution is 2.31. The largest absolute Gasteiger partial charge is 0.382 e. The van der Waals surface area contributed by atoms with Gasteiger partial charge in [-0.1, -0.05) is 11.3 Å². The van der Waals surface area contributed by atoms with E-state index in [0.717, 1.165) is 5.13 Å². The molecule has 1 saturated carbocycles. The molecule has 2 rings (SSSR count). The van der Waals surface area contributed by atoms with Crippen molar-refractivity contribution in [3.05, 3.63) is 4.88 Å². The van der Waals surface area contributed by atoms with Crippen molar-refractivity contribution < 1.29 is 4.79 Å². The van der Waals surface area contributed by atoms with E-state index in [0.29, 0.717) is 23.3 Å². The van der Waals surface area contributed by atoms with Crippen LogP contribution in [-0.4, -0.2) is 34.4 Å². The monoisotopic (exact) mass is 268 g/mol. The molecule has 0 atom stereocenters. The minimum atomic E-state index is -0.0219. The molecule has 100 valence electrons. The van der Waals surface area contributed by atoms with Crippen molar-refractivity contribution in [1.29, 1.82) is 0 Å². The zero-order valence-electron chi connectivity index (χ0n) is 11.1. The number of rotatable bonds is 5. The maximum Gasteiger partial charge on any atom is 0.268 e. The van der Waals surface area contributed by atoms with Gasteiger partial charge < -0.3 is 16.0 Å². The van der Waals surface area contributed by atoms with Gasteiger partial charge in [-0.2, -0.15) is 0 Å². The third-order valence-corrected chi connectivity index (χ3v) is 3.97. The lowest BCUT2D eigenvalue weighted by molar-refractivity contribution is 0.0722. The number of nitrogen functional groups attached to an aromatic ring is 1. The fourth-order valence-corrected chi connectivity index (χ4v) is 2.74. The van der Waals surface area contributed by atoms with E-state index in [2.05, 4.69) is 10.3 Å². The van der Waals surface area contributed by atoms with E-state index in [1.807, 2.05) is 20.8 Å². The highest BCUT2D eigenvalue weighted by molar-refractivity contribution is 7.18. The number of nitrogens with one attached hydrogen (secondary N) is 1. The van der Waals surface area contributed by atoms with E-state index in [4.69, 9.17) is 5.73 Å². The first-order valence-electron chi connectivity index (χ1n) is 6.36. The smallest absolute Gasteiger partial charge is 0.268 e. The highest BCUT2D eigenvalue weighted by atomic mass is 32.1. The van der Waals surface area contributed by atoms with Gasteiger partial charge in [-0.25, -0.2) is 4.98 Å². The summed E-state index contributed by atoms with van der Waals surface area (Å²) < 4.78 is 0. The predicted molar refractivity (Wildman–Crippen MR) is 75.0 cm³/mol. The average Bonchev–Trinajstić information content (AvgIpc) is 3.01. The predicted octanol–water partition coefficient (Wildman–Crippen LogP) is 2.17. The Bertz CT molecular complexity index is 439. The van der Waals surface area contributed by atoms with Crippen molar-refractivity contribution in [1.82, 2.24) is 9.88 Å². The molecule has 0 spiro atoms. The van der Waals surface area contributed by atoms with Crippen molar-refractivity contribution in [2.24, 2.45) is 0 Å². The molecule has 1 aromatic rings. The van der Waals surface area contributed by atoms with Crippen LogP contribution in [-0.2, 0) is 0 Å². The Labute approximate surface area is 111 Å². The molecule has 0 bridgehead atoms. The van der Waals surface area contributed by atoms with Gasteiger partial charge in [0.25, 0.3) is 5.91 Å². The molecule has 6 heteroatoms. The zero-order valence-corrected chi connectivity index (χ0v) is 11.9. The van der Waals surface area contributed by atoms with Crippen LogP contribution in [0.5, 0.6) is 0 Å². The number of nitrogens with two attached hydrogens (primary N) is 1. The van der Waals surface area contributed by atoms with E-state index in [-0.39, 0.29) is 11.9 Å². The molecule has 1 fully saturated rings. The van der Waals surface area contributed by atoms with Gasteiger partial charge in [-0.15, -0.1) is 0 Å². The van der Waals surface area contributed by atoms with Gasteiger partial charge in [-0.3, -0.25) is 4.79 Å². The summed E-state index contributed by atoms with van der Waals surface area (Å²) in [5.74, 6) is 0.318. The van der Waals surface area contributed by atoms with Crippen LogP contribution in [0.2, 0.25) is 0 Å². The van der Waals surface area contributed by atoms with Gasteiger partial charge >= 0.3 is 0 Å². The fraction of sp³-hybridized carbons (Fsp3) is 0.667. The number of amides is 1. The first-order chi connectivity index (χ1) is 8.52. The molecule has 0 saturated heterocycles. The van der Waals surface area contributed by atoms with Crippen LogP contribution in [0.15, 0.2) is 0 Å². The zero-order chi connectivity index (χ0) is 13.3. The summed E-state index contributed by atoms with van der Waals surface area (Å²) in [7, 11) is 0. The quantitative estimate of drug-likeness (QED) is 0.858. The lowest BCUT2D eigenvalue weighted by atomic mass is 10.3. The minimum absolute atomic E-state index is 0.0219.